The standard InChI is InChI=1S/C25H32N2O5S/c1-17-5-8-20(9-6-17)33(29,30)27-13-11-18(12-14-27)24(28)26-22-16-25(2,3)32-23-15-19(31-4)7-10-21(22)23/h5-10,15,18,22H,11-14,16H2,1-4H3,(H,26,28)/t22-/m1/s1. The molecule has 1 atom stereocenters. The number of sulfonamides is 1. The number of carbonyl (C=O) groups excluding carboxylic acids is 1. The fraction of sp³-hybridized carbons (Fsp3) is 0.480. The summed E-state index contributed by atoms with van der Waals surface area (Å²) in [6.07, 6.45) is 1.65. The summed E-state index contributed by atoms with van der Waals surface area (Å²) in [4.78, 5) is 13.4. The quantitative estimate of drug-likeness (QED) is 0.715. The summed E-state index contributed by atoms with van der Waals surface area (Å²) in [7, 11) is -1.93. The fourth-order valence-corrected chi connectivity index (χ4v) is 6.06. The average molecular weight is 473 g/mol. The van der Waals surface area contributed by atoms with Gasteiger partial charge in [0.1, 0.15) is 17.1 Å². The van der Waals surface area contributed by atoms with E-state index in [9.17, 15) is 13.2 Å². The molecule has 2 aliphatic heterocycles. The normalized spacial score (nSPS) is 21.0. The number of carbonyl (C=O) groups is 1. The Morgan fingerprint density at radius 3 is 2.42 bits per heavy atom. The first-order valence-corrected chi connectivity index (χ1v) is 12.8. The van der Waals surface area contributed by atoms with Gasteiger partial charge in [0, 0.05) is 37.1 Å². The second-order valence-electron chi connectivity index (χ2n) is 9.52. The molecule has 2 heterocycles. The molecule has 0 bridgehead atoms. The van der Waals surface area contributed by atoms with E-state index in [4.69, 9.17) is 9.47 Å². The van der Waals surface area contributed by atoms with Gasteiger partial charge >= 0.3 is 0 Å². The lowest BCUT2D eigenvalue weighted by Crippen LogP contribution is -2.46. The van der Waals surface area contributed by atoms with Crippen molar-refractivity contribution in [1.82, 2.24) is 9.62 Å². The lowest BCUT2D eigenvalue weighted by atomic mass is 9.88. The Morgan fingerprint density at radius 2 is 1.79 bits per heavy atom. The van der Waals surface area contributed by atoms with Crippen LogP contribution in [-0.4, -0.2) is 44.4 Å². The maximum atomic E-state index is 13.1. The molecule has 1 amide bonds. The highest BCUT2D eigenvalue weighted by atomic mass is 32.2. The van der Waals surface area contributed by atoms with Crippen LogP contribution in [-0.2, 0) is 14.8 Å². The van der Waals surface area contributed by atoms with E-state index in [1.54, 1.807) is 31.4 Å². The molecular weight excluding hydrogens is 440 g/mol. The Balaban J connectivity index is 1.42. The monoisotopic (exact) mass is 472 g/mol. The van der Waals surface area contributed by atoms with Crippen LogP contribution < -0.4 is 14.8 Å². The molecule has 7 nitrogen and oxygen atoms in total. The average Bonchev–Trinajstić information content (AvgIpc) is 2.78. The molecule has 0 saturated carbocycles. The van der Waals surface area contributed by atoms with Gasteiger partial charge in [0.25, 0.3) is 0 Å². The van der Waals surface area contributed by atoms with E-state index in [0.29, 0.717) is 43.0 Å². The molecule has 2 aromatic carbocycles. The third-order valence-electron chi connectivity index (χ3n) is 6.48. The number of hydrogen-bond donors (Lipinski definition) is 1. The highest BCUT2D eigenvalue weighted by molar-refractivity contribution is 7.89. The number of amides is 1. The zero-order chi connectivity index (χ0) is 23.8. The molecular formula is C25H32N2O5S. The van der Waals surface area contributed by atoms with Crippen LogP contribution >= 0.6 is 0 Å². The third kappa shape index (κ3) is 5.01. The number of hydrogen-bond acceptors (Lipinski definition) is 5. The number of aryl methyl sites for hydroxylation is 1. The van der Waals surface area contributed by atoms with Gasteiger partial charge in [-0.2, -0.15) is 4.31 Å². The van der Waals surface area contributed by atoms with Gasteiger partial charge in [0.2, 0.25) is 15.9 Å². The van der Waals surface area contributed by atoms with Crippen molar-refractivity contribution < 1.29 is 22.7 Å². The van der Waals surface area contributed by atoms with Gasteiger partial charge in [-0.15, -0.1) is 0 Å². The lowest BCUT2D eigenvalue weighted by molar-refractivity contribution is -0.127. The molecule has 0 aliphatic carbocycles. The Kier molecular flexibility index (Phi) is 6.42. The molecule has 1 N–H and O–H groups in total. The number of nitrogens with zero attached hydrogens (tertiary/aromatic N) is 1. The number of ether oxygens (including phenoxy) is 2. The predicted molar refractivity (Wildman–Crippen MR) is 126 cm³/mol. The lowest BCUT2D eigenvalue weighted by Gasteiger charge is -2.39. The third-order valence-corrected chi connectivity index (χ3v) is 8.39. The number of nitrogens with one attached hydrogen (secondary N) is 1. The molecule has 0 aromatic heterocycles. The van der Waals surface area contributed by atoms with Crippen LogP contribution in [0.4, 0.5) is 0 Å². The van der Waals surface area contributed by atoms with Gasteiger partial charge < -0.3 is 14.8 Å². The van der Waals surface area contributed by atoms with E-state index < -0.39 is 15.6 Å². The number of piperidine rings is 1. The van der Waals surface area contributed by atoms with Gasteiger partial charge in [-0.25, -0.2) is 8.42 Å². The van der Waals surface area contributed by atoms with Gasteiger partial charge in [-0.05, 0) is 57.9 Å². The zero-order valence-electron chi connectivity index (χ0n) is 19.6. The summed E-state index contributed by atoms with van der Waals surface area (Å²) < 4.78 is 38.8. The van der Waals surface area contributed by atoms with Gasteiger partial charge in [-0.3, -0.25) is 4.79 Å². The largest absolute Gasteiger partial charge is 0.497 e. The van der Waals surface area contributed by atoms with Crippen molar-refractivity contribution in [2.24, 2.45) is 5.92 Å². The van der Waals surface area contributed by atoms with E-state index in [-0.39, 0.29) is 17.9 Å². The molecule has 0 unspecified atom stereocenters. The zero-order valence-corrected chi connectivity index (χ0v) is 20.4. The Morgan fingerprint density at radius 1 is 1.12 bits per heavy atom. The summed E-state index contributed by atoms with van der Waals surface area (Å²) >= 11 is 0. The first-order chi connectivity index (χ1) is 15.6. The van der Waals surface area contributed by atoms with Crippen molar-refractivity contribution in [3.63, 3.8) is 0 Å². The number of benzene rings is 2. The first kappa shape index (κ1) is 23.6. The van der Waals surface area contributed by atoms with Crippen molar-refractivity contribution >= 4 is 15.9 Å². The molecule has 2 aromatic rings. The van der Waals surface area contributed by atoms with E-state index in [0.717, 1.165) is 16.9 Å². The molecule has 4 rings (SSSR count). The summed E-state index contributed by atoms with van der Waals surface area (Å²) in [5, 5.41) is 3.20. The van der Waals surface area contributed by atoms with Crippen molar-refractivity contribution in [1.29, 1.82) is 0 Å². The van der Waals surface area contributed by atoms with Crippen LogP contribution in [0.5, 0.6) is 11.5 Å². The molecule has 178 valence electrons. The van der Waals surface area contributed by atoms with Gasteiger partial charge in [-0.1, -0.05) is 17.7 Å². The minimum atomic E-state index is -3.54. The molecule has 0 spiro atoms. The van der Waals surface area contributed by atoms with Crippen molar-refractivity contribution in [3.8, 4) is 11.5 Å². The van der Waals surface area contributed by atoms with Crippen LogP contribution in [0.25, 0.3) is 0 Å². The van der Waals surface area contributed by atoms with E-state index in [1.165, 1.54) is 4.31 Å². The minimum absolute atomic E-state index is 0.0353. The van der Waals surface area contributed by atoms with E-state index in [1.807, 2.05) is 39.0 Å². The van der Waals surface area contributed by atoms with E-state index >= 15 is 0 Å². The second kappa shape index (κ2) is 8.99. The van der Waals surface area contributed by atoms with Crippen LogP contribution in [0, 0.1) is 12.8 Å². The number of rotatable bonds is 5. The topological polar surface area (TPSA) is 84.9 Å². The number of fused-ring (bicyclic) bond motifs is 1. The smallest absolute Gasteiger partial charge is 0.243 e. The molecule has 1 saturated heterocycles. The molecule has 1 fully saturated rings. The number of methoxy groups -OCH3 is 1. The van der Waals surface area contributed by atoms with Crippen LogP contribution in [0.15, 0.2) is 47.4 Å². The molecule has 8 heteroatoms. The highest BCUT2D eigenvalue weighted by Crippen LogP contribution is 2.41. The van der Waals surface area contributed by atoms with E-state index in [2.05, 4.69) is 5.32 Å². The maximum Gasteiger partial charge on any atom is 0.243 e. The Labute approximate surface area is 196 Å². The summed E-state index contributed by atoms with van der Waals surface area (Å²) in [5.41, 5.74) is 1.52. The van der Waals surface area contributed by atoms with Crippen molar-refractivity contribution in [2.75, 3.05) is 20.2 Å². The van der Waals surface area contributed by atoms with Crippen molar-refractivity contribution in [2.45, 2.75) is 56.6 Å². The van der Waals surface area contributed by atoms with Crippen LogP contribution in [0.2, 0.25) is 0 Å². The summed E-state index contributed by atoms with van der Waals surface area (Å²) in [6.45, 7) is 6.60. The second-order valence-corrected chi connectivity index (χ2v) is 11.5. The fourth-order valence-electron chi connectivity index (χ4n) is 4.59. The SMILES string of the molecule is COc1ccc2c(c1)OC(C)(C)C[C@H]2NC(=O)C1CCN(S(=O)(=O)c2ccc(C)cc2)CC1. The summed E-state index contributed by atoms with van der Waals surface area (Å²) in [6, 6.07) is 12.4. The highest BCUT2D eigenvalue weighted by Gasteiger charge is 2.37. The maximum absolute atomic E-state index is 13.1. The minimum Gasteiger partial charge on any atom is -0.497 e. The molecule has 0 radical (unpaired) electrons. The first-order valence-electron chi connectivity index (χ1n) is 11.3. The van der Waals surface area contributed by atoms with Crippen molar-refractivity contribution in [3.05, 3.63) is 53.6 Å². The Bertz CT molecular complexity index is 1120. The Hall–Kier alpha value is -2.58. The van der Waals surface area contributed by atoms with Crippen LogP contribution in [0.3, 0.4) is 0 Å². The van der Waals surface area contributed by atoms with Crippen LogP contribution in [0.1, 0.15) is 50.3 Å². The predicted octanol–water partition coefficient (Wildman–Crippen LogP) is 3.82. The van der Waals surface area contributed by atoms with Gasteiger partial charge in [0.15, 0.2) is 0 Å². The molecule has 33 heavy (non-hydrogen) atoms. The molecule has 2 aliphatic rings. The van der Waals surface area contributed by atoms with Gasteiger partial charge in [0.05, 0.1) is 18.0 Å². The summed E-state index contributed by atoms with van der Waals surface area (Å²) in [5.74, 6) is 1.17.